The number of nitrogens with one attached hydrogen (secondary N) is 1. The summed E-state index contributed by atoms with van der Waals surface area (Å²) in [5.74, 6) is 0.575. The van der Waals surface area contributed by atoms with Crippen LogP contribution in [0.2, 0.25) is 0 Å². The van der Waals surface area contributed by atoms with E-state index < -0.39 is 0 Å². The highest BCUT2D eigenvalue weighted by molar-refractivity contribution is 5.94. The molecule has 2 rings (SSSR count). The Morgan fingerprint density at radius 3 is 2.67 bits per heavy atom. The highest BCUT2D eigenvalue weighted by Crippen LogP contribution is 2.28. The molecule has 116 valence electrons. The standard InChI is InChI=1S/C16H23NO4/c1-19-10-13-8-7-12(16(18)17-11-20-2)9-15(13)21-14-5-3-4-6-14/h7-9,14H,3-6,10-11H2,1-2H3,(H,17,18). The van der Waals surface area contributed by atoms with Crippen molar-refractivity contribution in [3.63, 3.8) is 0 Å². The number of benzene rings is 1. The number of hydrogen-bond acceptors (Lipinski definition) is 4. The van der Waals surface area contributed by atoms with Crippen LogP contribution in [0.15, 0.2) is 18.2 Å². The van der Waals surface area contributed by atoms with E-state index in [1.165, 1.54) is 20.0 Å². The number of amides is 1. The average molecular weight is 293 g/mol. The minimum atomic E-state index is -0.169. The lowest BCUT2D eigenvalue weighted by atomic mass is 10.1. The van der Waals surface area contributed by atoms with Gasteiger partial charge < -0.3 is 19.5 Å². The third-order valence-corrected chi connectivity index (χ3v) is 3.60. The molecule has 21 heavy (non-hydrogen) atoms. The summed E-state index contributed by atoms with van der Waals surface area (Å²) in [6, 6.07) is 5.45. The second kappa shape index (κ2) is 8.00. The van der Waals surface area contributed by atoms with E-state index >= 15 is 0 Å². The molecule has 1 aromatic rings. The van der Waals surface area contributed by atoms with Gasteiger partial charge in [-0.05, 0) is 37.8 Å². The summed E-state index contributed by atoms with van der Waals surface area (Å²) in [5.41, 5.74) is 1.53. The van der Waals surface area contributed by atoms with Crippen LogP contribution in [0.5, 0.6) is 5.75 Å². The fraction of sp³-hybridized carbons (Fsp3) is 0.562. The molecule has 5 nitrogen and oxygen atoms in total. The van der Waals surface area contributed by atoms with E-state index in [2.05, 4.69) is 5.32 Å². The summed E-state index contributed by atoms with van der Waals surface area (Å²) >= 11 is 0. The summed E-state index contributed by atoms with van der Waals surface area (Å²) in [7, 11) is 3.19. The molecule has 1 aliphatic rings. The lowest BCUT2D eigenvalue weighted by molar-refractivity contribution is 0.0871. The molecular formula is C16H23NO4. The topological polar surface area (TPSA) is 56.8 Å². The van der Waals surface area contributed by atoms with Gasteiger partial charge >= 0.3 is 0 Å². The van der Waals surface area contributed by atoms with Gasteiger partial charge in [-0.2, -0.15) is 0 Å². The molecule has 5 heteroatoms. The lowest BCUT2D eigenvalue weighted by Crippen LogP contribution is -2.25. The normalized spacial score (nSPS) is 15.1. The third-order valence-electron chi connectivity index (χ3n) is 3.60. The van der Waals surface area contributed by atoms with E-state index in [4.69, 9.17) is 14.2 Å². The minimum Gasteiger partial charge on any atom is -0.490 e. The van der Waals surface area contributed by atoms with Crippen LogP contribution in [-0.4, -0.2) is 33.0 Å². The van der Waals surface area contributed by atoms with Crippen molar-refractivity contribution in [1.29, 1.82) is 0 Å². The van der Waals surface area contributed by atoms with E-state index in [1.807, 2.05) is 6.07 Å². The number of carbonyl (C=O) groups is 1. The summed E-state index contributed by atoms with van der Waals surface area (Å²) in [6.45, 7) is 0.666. The third kappa shape index (κ3) is 4.44. The maximum absolute atomic E-state index is 12.0. The molecule has 0 bridgehead atoms. The van der Waals surface area contributed by atoms with Crippen LogP contribution in [0.25, 0.3) is 0 Å². The number of rotatable bonds is 7. The molecule has 0 aromatic heterocycles. The Kier molecular flexibility index (Phi) is 6.02. The molecule has 0 saturated heterocycles. The van der Waals surface area contributed by atoms with Crippen molar-refractivity contribution in [2.75, 3.05) is 21.0 Å². The first kappa shape index (κ1) is 15.8. The predicted octanol–water partition coefficient (Wildman–Crippen LogP) is 2.49. The van der Waals surface area contributed by atoms with Gasteiger partial charge in [0.2, 0.25) is 0 Å². The van der Waals surface area contributed by atoms with Crippen LogP contribution in [-0.2, 0) is 16.1 Å². The van der Waals surface area contributed by atoms with Gasteiger partial charge in [-0.15, -0.1) is 0 Å². The molecular weight excluding hydrogens is 270 g/mol. The first-order valence-corrected chi connectivity index (χ1v) is 7.30. The molecule has 1 N–H and O–H groups in total. The van der Waals surface area contributed by atoms with Gasteiger partial charge in [0, 0.05) is 25.3 Å². The second-order valence-corrected chi connectivity index (χ2v) is 5.22. The van der Waals surface area contributed by atoms with Crippen LogP contribution in [0.1, 0.15) is 41.6 Å². The minimum absolute atomic E-state index is 0.169. The number of hydrogen-bond donors (Lipinski definition) is 1. The predicted molar refractivity (Wildman–Crippen MR) is 79.4 cm³/mol. The van der Waals surface area contributed by atoms with Gasteiger partial charge in [-0.1, -0.05) is 6.07 Å². The van der Waals surface area contributed by atoms with Crippen molar-refractivity contribution >= 4 is 5.91 Å². The SMILES string of the molecule is COCNC(=O)c1ccc(COC)c(OC2CCCC2)c1. The molecule has 0 radical (unpaired) electrons. The Morgan fingerprint density at radius 2 is 2.00 bits per heavy atom. The number of ether oxygens (including phenoxy) is 3. The van der Waals surface area contributed by atoms with Crippen LogP contribution in [0.4, 0.5) is 0 Å². The quantitative estimate of drug-likeness (QED) is 0.785. The van der Waals surface area contributed by atoms with Gasteiger partial charge in [-0.25, -0.2) is 0 Å². The smallest absolute Gasteiger partial charge is 0.253 e. The zero-order valence-electron chi connectivity index (χ0n) is 12.7. The van der Waals surface area contributed by atoms with E-state index in [0.717, 1.165) is 24.2 Å². The Bertz CT molecular complexity index is 469. The molecule has 1 fully saturated rings. The van der Waals surface area contributed by atoms with Crippen molar-refractivity contribution in [2.45, 2.75) is 38.4 Å². The van der Waals surface area contributed by atoms with Gasteiger partial charge in [0.05, 0.1) is 12.7 Å². The molecule has 1 aromatic carbocycles. The molecule has 0 spiro atoms. The molecule has 1 saturated carbocycles. The summed E-state index contributed by atoms with van der Waals surface area (Å²) < 4.78 is 16.1. The van der Waals surface area contributed by atoms with Crippen molar-refractivity contribution < 1.29 is 19.0 Å². The largest absolute Gasteiger partial charge is 0.490 e. The van der Waals surface area contributed by atoms with Gasteiger partial charge in [-0.3, -0.25) is 4.79 Å². The highest BCUT2D eigenvalue weighted by atomic mass is 16.5. The Morgan fingerprint density at radius 1 is 1.24 bits per heavy atom. The first-order valence-electron chi connectivity index (χ1n) is 7.30. The van der Waals surface area contributed by atoms with Gasteiger partial charge in [0.1, 0.15) is 12.5 Å². The number of methoxy groups -OCH3 is 2. The maximum Gasteiger partial charge on any atom is 0.253 e. The van der Waals surface area contributed by atoms with Crippen LogP contribution in [0, 0.1) is 0 Å². The highest BCUT2D eigenvalue weighted by Gasteiger charge is 2.19. The Hall–Kier alpha value is -1.59. The first-order chi connectivity index (χ1) is 10.2. The Labute approximate surface area is 125 Å². The van der Waals surface area contributed by atoms with E-state index in [1.54, 1.807) is 19.2 Å². The van der Waals surface area contributed by atoms with E-state index in [9.17, 15) is 4.79 Å². The van der Waals surface area contributed by atoms with Crippen LogP contribution in [0.3, 0.4) is 0 Å². The zero-order chi connectivity index (χ0) is 15.1. The summed E-state index contributed by atoms with van der Waals surface area (Å²) in [4.78, 5) is 12.0. The van der Waals surface area contributed by atoms with E-state index in [-0.39, 0.29) is 18.7 Å². The van der Waals surface area contributed by atoms with Crippen molar-refractivity contribution in [2.24, 2.45) is 0 Å². The molecule has 1 aliphatic carbocycles. The molecule has 1 amide bonds. The second-order valence-electron chi connectivity index (χ2n) is 5.22. The molecule has 0 unspecified atom stereocenters. The fourth-order valence-corrected chi connectivity index (χ4v) is 2.51. The lowest BCUT2D eigenvalue weighted by Gasteiger charge is -2.17. The maximum atomic E-state index is 12.0. The summed E-state index contributed by atoms with van der Waals surface area (Å²) in [5, 5.41) is 2.67. The monoisotopic (exact) mass is 293 g/mol. The van der Waals surface area contributed by atoms with Crippen LogP contribution < -0.4 is 10.1 Å². The zero-order valence-corrected chi connectivity index (χ0v) is 12.7. The van der Waals surface area contributed by atoms with Crippen LogP contribution >= 0.6 is 0 Å². The molecule has 0 heterocycles. The van der Waals surface area contributed by atoms with Crippen molar-refractivity contribution in [1.82, 2.24) is 5.32 Å². The Balaban J connectivity index is 2.14. The summed E-state index contributed by atoms with van der Waals surface area (Å²) in [6.07, 6.45) is 4.81. The van der Waals surface area contributed by atoms with Crippen molar-refractivity contribution in [3.05, 3.63) is 29.3 Å². The molecule has 0 atom stereocenters. The van der Waals surface area contributed by atoms with Gasteiger partial charge in [0.25, 0.3) is 5.91 Å². The molecule has 0 aliphatic heterocycles. The van der Waals surface area contributed by atoms with E-state index in [0.29, 0.717) is 12.2 Å². The van der Waals surface area contributed by atoms with Crippen molar-refractivity contribution in [3.8, 4) is 5.75 Å². The average Bonchev–Trinajstić information content (AvgIpc) is 2.99. The fourth-order valence-electron chi connectivity index (χ4n) is 2.51. The number of carbonyl (C=O) groups excluding carboxylic acids is 1. The van der Waals surface area contributed by atoms with Gasteiger partial charge in [0.15, 0.2) is 0 Å².